The van der Waals surface area contributed by atoms with Crippen LogP contribution in [0.3, 0.4) is 0 Å². The number of hydrogen-bond donors (Lipinski definition) is 2. The molecule has 6 nitrogen and oxygen atoms in total. The molecule has 0 atom stereocenters. The van der Waals surface area contributed by atoms with Crippen molar-refractivity contribution in [1.29, 1.82) is 0 Å². The summed E-state index contributed by atoms with van der Waals surface area (Å²) in [5.41, 5.74) is 2.77. The molecular formula is C16H22N6. The Labute approximate surface area is 130 Å². The van der Waals surface area contributed by atoms with E-state index < -0.39 is 0 Å². The lowest BCUT2D eigenvalue weighted by Crippen LogP contribution is -2.38. The van der Waals surface area contributed by atoms with Crippen LogP contribution in [0.25, 0.3) is 0 Å². The molecule has 4 rings (SSSR count). The molecule has 1 saturated heterocycles. The molecule has 22 heavy (non-hydrogen) atoms. The Morgan fingerprint density at radius 2 is 2.09 bits per heavy atom. The van der Waals surface area contributed by atoms with Gasteiger partial charge in [0, 0.05) is 49.0 Å². The molecule has 1 aliphatic heterocycles. The van der Waals surface area contributed by atoms with E-state index in [1.807, 2.05) is 12.3 Å². The van der Waals surface area contributed by atoms with Gasteiger partial charge in [0.1, 0.15) is 12.1 Å². The number of nitrogens with zero attached hydrogens (tertiary/aromatic N) is 4. The van der Waals surface area contributed by atoms with Gasteiger partial charge in [-0.05, 0) is 31.7 Å². The van der Waals surface area contributed by atoms with Gasteiger partial charge in [-0.2, -0.15) is 5.10 Å². The van der Waals surface area contributed by atoms with Crippen LogP contribution in [-0.2, 0) is 6.54 Å². The molecule has 2 aromatic heterocycles. The molecule has 0 unspecified atom stereocenters. The zero-order chi connectivity index (χ0) is 14.8. The summed E-state index contributed by atoms with van der Waals surface area (Å²) in [4.78, 5) is 10.7. The van der Waals surface area contributed by atoms with Gasteiger partial charge in [0.25, 0.3) is 0 Å². The van der Waals surface area contributed by atoms with Gasteiger partial charge in [-0.25, -0.2) is 9.97 Å². The highest BCUT2D eigenvalue weighted by Gasteiger charge is 2.28. The largest absolute Gasteiger partial charge is 0.367 e. The number of rotatable bonds is 5. The van der Waals surface area contributed by atoms with E-state index >= 15 is 0 Å². The quantitative estimate of drug-likeness (QED) is 0.885. The summed E-state index contributed by atoms with van der Waals surface area (Å²) in [6.45, 7) is 3.28. The van der Waals surface area contributed by atoms with Crippen LogP contribution >= 0.6 is 0 Å². The van der Waals surface area contributed by atoms with Gasteiger partial charge in [0.2, 0.25) is 0 Å². The molecule has 6 heteroatoms. The normalized spacial score (nSPS) is 20.2. The second-order valence-corrected chi connectivity index (χ2v) is 6.37. The van der Waals surface area contributed by atoms with Crippen molar-refractivity contribution in [2.45, 2.75) is 44.2 Å². The second kappa shape index (κ2) is 6.04. The number of aromatic nitrogens is 4. The summed E-state index contributed by atoms with van der Waals surface area (Å²) in [6.07, 6.45) is 10.3. The first-order valence-electron chi connectivity index (χ1n) is 8.15. The summed E-state index contributed by atoms with van der Waals surface area (Å²) in [6, 6.07) is 2.44. The van der Waals surface area contributed by atoms with E-state index in [0.29, 0.717) is 6.04 Å². The maximum absolute atomic E-state index is 4.24. The fourth-order valence-electron chi connectivity index (χ4n) is 3.23. The summed E-state index contributed by atoms with van der Waals surface area (Å²) in [7, 11) is 0. The smallest absolute Gasteiger partial charge is 0.129 e. The molecule has 0 aromatic carbocycles. The lowest BCUT2D eigenvalue weighted by molar-refractivity contribution is 0.210. The van der Waals surface area contributed by atoms with Crippen molar-refractivity contribution in [3.05, 3.63) is 36.0 Å². The van der Waals surface area contributed by atoms with Crippen LogP contribution in [0.4, 0.5) is 5.82 Å². The predicted molar refractivity (Wildman–Crippen MR) is 84.5 cm³/mol. The average Bonchev–Trinajstić information content (AvgIpc) is 3.30. The van der Waals surface area contributed by atoms with Crippen LogP contribution < -0.4 is 5.32 Å². The van der Waals surface area contributed by atoms with Gasteiger partial charge in [-0.1, -0.05) is 0 Å². The monoisotopic (exact) mass is 298 g/mol. The zero-order valence-corrected chi connectivity index (χ0v) is 12.7. The molecule has 1 aliphatic carbocycles. The first-order valence-corrected chi connectivity index (χ1v) is 8.15. The summed E-state index contributed by atoms with van der Waals surface area (Å²) < 4.78 is 0. The summed E-state index contributed by atoms with van der Waals surface area (Å²) >= 11 is 0. The van der Waals surface area contributed by atoms with E-state index in [1.54, 1.807) is 12.5 Å². The first-order chi connectivity index (χ1) is 10.9. The van der Waals surface area contributed by atoms with Crippen LogP contribution in [0.1, 0.15) is 42.9 Å². The number of aromatic amines is 1. The SMILES string of the molecule is c1cc(NC2CCN(Cc3cn[nH]c3C3CC3)CC2)ncn1. The van der Waals surface area contributed by atoms with Crippen molar-refractivity contribution in [3.63, 3.8) is 0 Å². The number of anilines is 1. The molecule has 0 radical (unpaired) electrons. The molecular weight excluding hydrogens is 276 g/mol. The maximum atomic E-state index is 4.24. The zero-order valence-electron chi connectivity index (χ0n) is 12.7. The average molecular weight is 298 g/mol. The Bertz CT molecular complexity index is 598. The van der Waals surface area contributed by atoms with Gasteiger partial charge in [0.15, 0.2) is 0 Å². The van der Waals surface area contributed by atoms with Gasteiger partial charge in [-0.15, -0.1) is 0 Å². The summed E-state index contributed by atoms with van der Waals surface area (Å²) in [5, 5.41) is 10.9. The Balaban J connectivity index is 1.29. The number of hydrogen-bond acceptors (Lipinski definition) is 5. The van der Waals surface area contributed by atoms with Crippen LogP contribution in [-0.4, -0.2) is 44.2 Å². The first kappa shape index (κ1) is 13.7. The van der Waals surface area contributed by atoms with Crippen molar-refractivity contribution < 1.29 is 0 Å². The molecule has 0 bridgehead atoms. The van der Waals surface area contributed by atoms with E-state index in [0.717, 1.165) is 44.2 Å². The topological polar surface area (TPSA) is 69.7 Å². The fourth-order valence-corrected chi connectivity index (χ4v) is 3.23. The maximum Gasteiger partial charge on any atom is 0.129 e. The van der Waals surface area contributed by atoms with Crippen LogP contribution in [0.15, 0.2) is 24.8 Å². The summed E-state index contributed by atoms with van der Waals surface area (Å²) in [5.74, 6) is 1.67. The standard InChI is InChI=1S/C16H22N6/c1-2-12(1)16-13(9-19-21-16)10-22-7-4-14(5-8-22)20-15-3-6-17-11-18-15/h3,6,9,11-12,14H,1-2,4-5,7-8,10H2,(H,19,21)(H,17,18,20). The van der Waals surface area contributed by atoms with Crippen molar-refractivity contribution >= 4 is 5.82 Å². The van der Waals surface area contributed by atoms with E-state index in [2.05, 4.69) is 30.4 Å². The molecule has 116 valence electrons. The minimum Gasteiger partial charge on any atom is -0.367 e. The Kier molecular flexibility index (Phi) is 3.76. The molecule has 2 fully saturated rings. The molecule has 3 heterocycles. The number of piperidine rings is 1. The highest BCUT2D eigenvalue weighted by atomic mass is 15.2. The van der Waals surface area contributed by atoms with Crippen molar-refractivity contribution in [3.8, 4) is 0 Å². The van der Waals surface area contributed by atoms with Crippen molar-refractivity contribution in [2.75, 3.05) is 18.4 Å². The van der Waals surface area contributed by atoms with Gasteiger partial charge >= 0.3 is 0 Å². The Morgan fingerprint density at radius 1 is 1.23 bits per heavy atom. The predicted octanol–water partition coefficient (Wildman–Crippen LogP) is 2.15. The lowest BCUT2D eigenvalue weighted by atomic mass is 10.0. The third kappa shape index (κ3) is 3.11. The van der Waals surface area contributed by atoms with Crippen molar-refractivity contribution in [2.24, 2.45) is 0 Å². The molecule has 1 saturated carbocycles. The van der Waals surface area contributed by atoms with E-state index in [9.17, 15) is 0 Å². The second-order valence-electron chi connectivity index (χ2n) is 6.37. The highest BCUT2D eigenvalue weighted by molar-refractivity contribution is 5.33. The number of likely N-dealkylation sites (tertiary alicyclic amines) is 1. The molecule has 2 N–H and O–H groups in total. The van der Waals surface area contributed by atoms with Crippen LogP contribution in [0, 0.1) is 0 Å². The Hall–Kier alpha value is -1.95. The van der Waals surface area contributed by atoms with Crippen LogP contribution in [0.5, 0.6) is 0 Å². The third-order valence-corrected chi connectivity index (χ3v) is 4.65. The van der Waals surface area contributed by atoms with E-state index in [4.69, 9.17) is 0 Å². The number of nitrogens with one attached hydrogen (secondary N) is 2. The molecule has 0 spiro atoms. The van der Waals surface area contributed by atoms with Crippen molar-refractivity contribution in [1.82, 2.24) is 25.1 Å². The highest BCUT2D eigenvalue weighted by Crippen LogP contribution is 2.40. The number of H-pyrrole nitrogens is 1. The molecule has 2 aromatic rings. The van der Waals surface area contributed by atoms with Gasteiger partial charge < -0.3 is 5.32 Å². The minimum atomic E-state index is 0.512. The lowest BCUT2D eigenvalue weighted by Gasteiger charge is -2.32. The van der Waals surface area contributed by atoms with E-state index in [1.165, 1.54) is 24.1 Å². The van der Waals surface area contributed by atoms with Gasteiger partial charge in [-0.3, -0.25) is 10.00 Å². The fraction of sp³-hybridized carbons (Fsp3) is 0.562. The van der Waals surface area contributed by atoms with Gasteiger partial charge in [0.05, 0.1) is 6.20 Å². The molecule has 0 amide bonds. The Morgan fingerprint density at radius 3 is 2.82 bits per heavy atom. The molecule has 2 aliphatic rings. The van der Waals surface area contributed by atoms with Crippen LogP contribution in [0.2, 0.25) is 0 Å². The third-order valence-electron chi connectivity index (χ3n) is 4.65. The minimum absolute atomic E-state index is 0.512. The van der Waals surface area contributed by atoms with E-state index in [-0.39, 0.29) is 0 Å².